The van der Waals surface area contributed by atoms with Crippen LogP contribution in [0.2, 0.25) is 0 Å². The molecule has 0 radical (unpaired) electrons. The van der Waals surface area contributed by atoms with E-state index in [0.29, 0.717) is 25.1 Å². The fraction of sp³-hybridized carbons (Fsp3) is 0.385. The molecule has 4 nitrogen and oxygen atoms in total. The number of unbranched alkanes of at least 4 members (excludes halogenated alkanes) is 1. The second-order valence-corrected chi connectivity index (χ2v) is 4.18. The van der Waals surface area contributed by atoms with Gasteiger partial charge in [-0.25, -0.2) is 0 Å². The lowest BCUT2D eigenvalue weighted by Gasteiger charge is -2.26. The Hall–Kier alpha value is -1.68. The van der Waals surface area contributed by atoms with Crippen molar-refractivity contribution in [2.75, 3.05) is 13.1 Å². The first kappa shape index (κ1) is 11.8. The summed E-state index contributed by atoms with van der Waals surface area (Å²) in [5.74, 6) is -0.278. The fourth-order valence-corrected chi connectivity index (χ4v) is 2.04. The van der Waals surface area contributed by atoms with Crippen LogP contribution in [-0.2, 0) is 11.2 Å². The van der Waals surface area contributed by atoms with E-state index in [4.69, 9.17) is 5.73 Å². The Labute approximate surface area is 100 Å². The summed E-state index contributed by atoms with van der Waals surface area (Å²) in [5, 5.41) is 0. The molecular weight excluding hydrogens is 216 g/mol. The highest BCUT2D eigenvalue weighted by Gasteiger charge is 2.29. The minimum Gasteiger partial charge on any atom is -0.330 e. The van der Waals surface area contributed by atoms with Crippen LogP contribution in [0.5, 0.6) is 0 Å². The monoisotopic (exact) mass is 232 g/mol. The SMILES string of the molecule is NCCCCN1C(=O)Cc2ccccc2C1=O. The van der Waals surface area contributed by atoms with Gasteiger partial charge in [0.25, 0.3) is 5.91 Å². The predicted octanol–water partition coefficient (Wildman–Crippen LogP) is 0.950. The number of imide groups is 1. The second-order valence-electron chi connectivity index (χ2n) is 4.18. The molecule has 0 bridgehead atoms. The molecule has 0 unspecified atom stereocenters. The number of carbonyl (C=O) groups excluding carboxylic acids is 2. The first-order valence-corrected chi connectivity index (χ1v) is 5.86. The van der Waals surface area contributed by atoms with Gasteiger partial charge in [0, 0.05) is 12.1 Å². The van der Waals surface area contributed by atoms with Crippen LogP contribution in [0, 0.1) is 0 Å². The Morgan fingerprint density at radius 1 is 1.18 bits per heavy atom. The largest absolute Gasteiger partial charge is 0.330 e. The van der Waals surface area contributed by atoms with Crippen molar-refractivity contribution < 1.29 is 9.59 Å². The van der Waals surface area contributed by atoms with Crippen LogP contribution in [0.1, 0.15) is 28.8 Å². The number of rotatable bonds is 4. The van der Waals surface area contributed by atoms with Crippen LogP contribution < -0.4 is 5.73 Å². The van der Waals surface area contributed by atoms with Crippen LogP contribution in [0.4, 0.5) is 0 Å². The number of amides is 2. The van der Waals surface area contributed by atoms with E-state index in [-0.39, 0.29) is 11.8 Å². The third kappa shape index (κ3) is 2.36. The summed E-state index contributed by atoms with van der Waals surface area (Å²) in [5.41, 5.74) is 6.89. The van der Waals surface area contributed by atoms with Crippen molar-refractivity contribution in [2.45, 2.75) is 19.3 Å². The molecule has 0 saturated carbocycles. The van der Waals surface area contributed by atoms with Gasteiger partial charge in [-0.3, -0.25) is 14.5 Å². The van der Waals surface area contributed by atoms with Gasteiger partial charge in [-0.1, -0.05) is 18.2 Å². The maximum atomic E-state index is 12.1. The van der Waals surface area contributed by atoms with E-state index < -0.39 is 0 Å². The Morgan fingerprint density at radius 3 is 2.71 bits per heavy atom. The van der Waals surface area contributed by atoms with Gasteiger partial charge >= 0.3 is 0 Å². The van der Waals surface area contributed by atoms with Gasteiger partial charge in [0.15, 0.2) is 0 Å². The molecule has 1 aromatic rings. The summed E-state index contributed by atoms with van der Waals surface area (Å²) in [6.45, 7) is 1.07. The molecule has 2 rings (SSSR count). The number of nitrogens with zero attached hydrogens (tertiary/aromatic N) is 1. The van der Waals surface area contributed by atoms with Gasteiger partial charge in [0.1, 0.15) is 0 Å². The van der Waals surface area contributed by atoms with Crippen LogP contribution in [0.15, 0.2) is 24.3 Å². The summed E-state index contributed by atoms with van der Waals surface area (Å²) >= 11 is 0. The van der Waals surface area contributed by atoms with Crippen molar-refractivity contribution in [3.63, 3.8) is 0 Å². The number of carbonyl (C=O) groups is 2. The molecule has 0 fully saturated rings. The number of benzene rings is 1. The van der Waals surface area contributed by atoms with Crippen LogP contribution in [0.3, 0.4) is 0 Å². The zero-order chi connectivity index (χ0) is 12.3. The van der Waals surface area contributed by atoms with E-state index in [0.717, 1.165) is 18.4 Å². The molecular formula is C13H16N2O2. The van der Waals surface area contributed by atoms with Gasteiger partial charge in [0.2, 0.25) is 5.91 Å². The molecule has 1 aliphatic rings. The lowest BCUT2D eigenvalue weighted by atomic mass is 9.98. The van der Waals surface area contributed by atoms with E-state index in [1.165, 1.54) is 4.90 Å². The molecule has 4 heteroatoms. The minimum absolute atomic E-state index is 0.106. The molecule has 2 N–H and O–H groups in total. The van der Waals surface area contributed by atoms with Gasteiger partial charge in [-0.15, -0.1) is 0 Å². The van der Waals surface area contributed by atoms with E-state index in [9.17, 15) is 9.59 Å². The standard InChI is InChI=1S/C13H16N2O2/c14-7-3-4-8-15-12(16)9-10-5-1-2-6-11(10)13(15)17/h1-2,5-6H,3-4,7-9,14H2. The zero-order valence-corrected chi connectivity index (χ0v) is 9.69. The lowest BCUT2D eigenvalue weighted by Crippen LogP contribution is -2.42. The van der Waals surface area contributed by atoms with Gasteiger partial charge in [-0.2, -0.15) is 0 Å². The molecule has 0 spiro atoms. The van der Waals surface area contributed by atoms with Gasteiger partial charge in [0.05, 0.1) is 6.42 Å². The molecule has 0 aliphatic carbocycles. The molecule has 90 valence electrons. The highest BCUT2D eigenvalue weighted by atomic mass is 16.2. The second kappa shape index (κ2) is 5.10. The highest BCUT2D eigenvalue weighted by Crippen LogP contribution is 2.19. The number of fused-ring (bicyclic) bond motifs is 1. The van der Waals surface area contributed by atoms with Crippen molar-refractivity contribution >= 4 is 11.8 Å². The van der Waals surface area contributed by atoms with E-state index in [2.05, 4.69) is 0 Å². The van der Waals surface area contributed by atoms with Crippen LogP contribution in [0.25, 0.3) is 0 Å². The maximum Gasteiger partial charge on any atom is 0.260 e. The summed E-state index contributed by atoms with van der Waals surface area (Å²) < 4.78 is 0. The zero-order valence-electron chi connectivity index (χ0n) is 9.69. The quantitative estimate of drug-likeness (QED) is 0.621. The van der Waals surface area contributed by atoms with Gasteiger partial charge in [-0.05, 0) is 31.0 Å². The maximum absolute atomic E-state index is 12.1. The summed E-state index contributed by atoms with van der Waals surface area (Å²) in [7, 11) is 0. The number of hydrogen-bond acceptors (Lipinski definition) is 3. The van der Waals surface area contributed by atoms with Crippen LogP contribution in [-0.4, -0.2) is 29.8 Å². The topological polar surface area (TPSA) is 63.4 Å². The molecule has 0 aromatic heterocycles. The molecule has 1 aromatic carbocycles. The normalized spacial score (nSPS) is 15.0. The number of nitrogens with two attached hydrogens (primary N) is 1. The third-order valence-corrected chi connectivity index (χ3v) is 2.97. The Morgan fingerprint density at radius 2 is 1.94 bits per heavy atom. The van der Waals surface area contributed by atoms with E-state index in [1.54, 1.807) is 6.07 Å². The predicted molar refractivity (Wildman–Crippen MR) is 64.5 cm³/mol. The lowest BCUT2D eigenvalue weighted by molar-refractivity contribution is -0.128. The summed E-state index contributed by atoms with van der Waals surface area (Å²) in [6, 6.07) is 7.29. The average molecular weight is 232 g/mol. The van der Waals surface area contributed by atoms with Crippen molar-refractivity contribution in [2.24, 2.45) is 5.73 Å². The van der Waals surface area contributed by atoms with Crippen molar-refractivity contribution in [1.82, 2.24) is 4.90 Å². The van der Waals surface area contributed by atoms with Crippen molar-refractivity contribution in [3.8, 4) is 0 Å². The smallest absolute Gasteiger partial charge is 0.260 e. The highest BCUT2D eigenvalue weighted by molar-refractivity contribution is 6.09. The van der Waals surface area contributed by atoms with Crippen molar-refractivity contribution in [3.05, 3.63) is 35.4 Å². The molecule has 1 heterocycles. The molecule has 1 aliphatic heterocycles. The summed E-state index contributed by atoms with van der Waals surface area (Å²) in [6.07, 6.45) is 1.93. The Balaban J connectivity index is 2.16. The average Bonchev–Trinajstić information content (AvgIpc) is 2.33. The molecule has 0 saturated heterocycles. The Kier molecular flexibility index (Phi) is 3.54. The fourth-order valence-electron chi connectivity index (χ4n) is 2.04. The first-order chi connectivity index (χ1) is 8.24. The molecule has 2 amide bonds. The van der Waals surface area contributed by atoms with Crippen LogP contribution >= 0.6 is 0 Å². The molecule has 0 atom stereocenters. The first-order valence-electron chi connectivity index (χ1n) is 5.86. The van der Waals surface area contributed by atoms with E-state index >= 15 is 0 Å². The minimum atomic E-state index is -0.172. The number of hydrogen-bond donors (Lipinski definition) is 1. The Bertz CT molecular complexity index is 443. The van der Waals surface area contributed by atoms with Crippen molar-refractivity contribution in [1.29, 1.82) is 0 Å². The van der Waals surface area contributed by atoms with Gasteiger partial charge < -0.3 is 5.73 Å². The molecule has 17 heavy (non-hydrogen) atoms. The summed E-state index contributed by atoms with van der Waals surface area (Å²) in [4.78, 5) is 25.3. The third-order valence-electron chi connectivity index (χ3n) is 2.97. The van der Waals surface area contributed by atoms with E-state index in [1.807, 2.05) is 18.2 Å².